The lowest BCUT2D eigenvalue weighted by atomic mass is 9.44. The van der Waals surface area contributed by atoms with Gasteiger partial charge in [0.1, 0.15) is 5.78 Å². The van der Waals surface area contributed by atoms with Crippen molar-refractivity contribution in [3.05, 3.63) is 77.9 Å². The van der Waals surface area contributed by atoms with E-state index in [1.807, 2.05) is 0 Å². The van der Waals surface area contributed by atoms with Crippen molar-refractivity contribution in [1.29, 1.82) is 0 Å². The van der Waals surface area contributed by atoms with Gasteiger partial charge in [-0.2, -0.15) is 0 Å². The van der Waals surface area contributed by atoms with Gasteiger partial charge in [0.15, 0.2) is 0 Å². The van der Waals surface area contributed by atoms with Gasteiger partial charge >= 0.3 is 0 Å². The van der Waals surface area contributed by atoms with Crippen molar-refractivity contribution in [3.8, 4) is 0 Å². The number of Topliss-reactive ketones (excluding diaryl/α,β-unsaturated/α-hetero) is 1. The minimum Gasteiger partial charge on any atom is -0.299 e. The Morgan fingerprint density at radius 3 is 2.22 bits per heavy atom. The van der Waals surface area contributed by atoms with Crippen LogP contribution in [-0.4, -0.2) is 5.78 Å². The topological polar surface area (TPSA) is 17.1 Å². The molecule has 0 aromatic heterocycles. The molecule has 2 aromatic carbocycles. The van der Waals surface area contributed by atoms with Crippen molar-refractivity contribution in [3.63, 3.8) is 0 Å². The SMILES string of the molecule is CC12CCCCC1CCC1C2CC(=O)C2(C)C(CCC=C(c3ccccc3)c3ccccc3)CCC12. The van der Waals surface area contributed by atoms with Gasteiger partial charge in [-0.25, -0.2) is 0 Å². The molecule has 4 aliphatic rings. The molecular formula is C35H44O. The number of ketones is 1. The highest BCUT2D eigenvalue weighted by Crippen LogP contribution is 2.66. The van der Waals surface area contributed by atoms with E-state index in [0.717, 1.165) is 31.1 Å². The first-order valence-corrected chi connectivity index (χ1v) is 14.9. The fourth-order valence-electron chi connectivity index (χ4n) is 9.65. The Morgan fingerprint density at radius 1 is 0.833 bits per heavy atom. The number of rotatable bonds is 5. The van der Waals surface area contributed by atoms with Crippen LogP contribution in [0.25, 0.3) is 5.57 Å². The maximum Gasteiger partial charge on any atom is 0.139 e. The molecular weight excluding hydrogens is 436 g/mol. The monoisotopic (exact) mass is 480 g/mol. The molecule has 6 rings (SSSR count). The Morgan fingerprint density at radius 2 is 1.53 bits per heavy atom. The second-order valence-corrected chi connectivity index (χ2v) is 13.0. The minimum absolute atomic E-state index is 0.0907. The van der Waals surface area contributed by atoms with Crippen LogP contribution >= 0.6 is 0 Å². The summed E-state index contributed by atoms with van der Waals surface area (Å²) in [5.41, 5.74) is 4.24. The summed E-state index contributed by atoms with van der Waals surface area (Å²) in [5, 5.41) is 0. The molecule has 0 spiro atoms. The molecule has 36 heavy (non-hydrogen) atoms. The van der Waals surface area contributed by atoms with Crippen LogP contribution in [0.3, 0.4) is 0 Å². The highest BCUT2D eigenvalue weighted by Gasteiger charge is 2.62. The third-order valence-electron chi connectivity index (χ3n) is 11.7. The van der Waals surface area contributed by atoms with Crippen molar-refractivity contribution in [2.75, 3.05) is 0 Å². The Hall–Kier alpha value is -2.15. The fraction of sp³-hybridized carbons (Fsp3) is 0.571. The van der Waals surface area contributed by atoms with Gasteiger partial charge in [-0.3, -0.25) is 4.79 Å². The zero-order chi connectivity index (χ0) is 24.8. The smallest absolute Gasteiger partial charge is 0.139 e. The van der Waals surface area contributed by atoms with E-state index in [9.17, 15) is 4.79 Å². The molecule has 2 aromatic rings. The van der Waals surface area contributed by atoms with E-state index in [-0.39, 0.29) is 5.41 Å². The fourth-order valence-corrected chi connectivity index (χ4v) is 9.65. The lowest BCUT2D eigenvalue weighted by Gasteiger charge is -2.59. The third kappa shape index (κ3) is 3.93. The van der Waals surface area contributed by atoms with Crippen LogP contribution in [0.5, 0.6) is 0 Å². The van der Waals surface area contributed by atoms with Crippen LogP contribution in [0.1, 0.15) is 95.6 Å². The summed E-state index contributed by atoms with van der Waals surface area (Å²) < 4.78 is 0. The third-order valence-corrected chi connectivity index (χ3v) is 11.7. The van der Waals surface area contributed by atoms with E-state index in [4.69, 9.17) is 0 Å². The van der Waals surface area contributed by atoms with Gasteiger partial charge < -0.3 is 0 Å². The second kappa shape index (κ2) is 9.62. The second-order valence-electron chi connectivity index (χ2n) is 13.0. The Bertz CT molecular complexity index is 1060. The van der Waals surface area contributed by atoms with Gasteiger partial charge in [0.05, 0.1) is 0 Å². The summed E-state index contributed by atoms with van der Waals surface area (Å²) in [7, 11) is 0. The number of hydrogen-bond acceptors (Lipinski definition) is 1. The van der Waals surface area contributed by atoms with Gasteiger partial charge in [-0.05, 0) is 103 Å². The molecule has 4 fully saturated rings. The molecule has 1 heteroatoms. The molecule has 1 nitrogen and oxygen atoms in total. The van der Waals surface area contributed by atoms with Gasteiger partial charge in [0.25, 0.3) is 0 Å². The first-order valence-electron chi connectivity index (χ1n) is 14.9. The highest BCUT2D eigenvalue weighted by molar-refractivity contribution is 5.87. The summed E-state index contributed by atoms with van der Waals surface area (Å²) in [5.74, 6) is 4.11. The number of hydrogen-bond donors (Lipinski definition) is 0. The number of carbonyl (C=O) groups excluding carboxylic acids is 1. The molecule has 0 aliphatic heterocycles. The molecule has 4 saturated carbocycles. The summed E-state index contributed by atoms with van der Waals surface area (Å²) in [4.78, 5) is 14.0. The minimum atomic E-state index is -0.0907. The molecule has 0 radical (unpaired) electrons. The van der Waals surface area contributed by atoms with E-state index >= 15 is 0 Å². The van der Waals surface area contributed by atoms with Crippen molar-refractivity contribution >= 4 is 11.4 Å². The average Bonchev–Trinajstić information content (AvgIpc) is 3.25. The predicted octanol–water partition coefficient (Wildman–Crippen LogP) is 9.13. The molecule has 0 N–H and O–H groups in total. The van der Waals surface area contributed by atoms with Crippen LogP contribution in [0.2, 0.25) is 0 Å². The molecule has 0 amide bonds. The molecule has 7 atom stereocenters. The van der Waals surface area contributed by atoms with E-state index < -0.39 is 0 Å². The maximum absolute atomic E-state index is 14.0. The zero-order valence-electron chi connectivity index (χ0n) is 22.4. The quantitative estimate of drug-likeness (QED) is 0.417. The van der Waals surface area contributed by atoms with Crippen molar-refractivity contribution in [2.24, 2.45) is 40.4 Å². The molecule has 0 bridgehead atoms. The maximum atomic E-state index is 14.0. The van der Waals surface area contributed by atoms with Crippen molar-refractivity contribution in [2.45, 2.75) is 84.5 Å². The van der Waals surface area contributed by atoms with Gasteiger partial charge in [0, 0.05) is 11.8 Å². The highest BCUT2D eigenvalue weighted by atomic mass is 16.1. The zero-order valence-corrected chi connectivity index (χ0v) is 22.4. The standard InChI is InChI=1S/C35H44O/c1-34-23-10-9-16-27(34)19-21-30-31-22-20-28(35(31,2)33(36)24-32(30)34)17-11-18-29(25-12-5-3-6-13-25)26-14-7-4-8-15-26/h3-8,12-15,18,27-28,30-32H,9-11,16-17,19-24H2,1-2H3. The van der Waals surface area contributed by atoms with Crippen LogP contribution < -0.4 is 0 Å². The van der Waals surface area contributed by atoms with E-state index in [1.54, 1.807) is 0 Å². The predicted molar refractivity (Wildman–Crippen MR) is 149 cm³/mol. The average molecular weight is 481 g/mol. The van der Waals surface area contributed by atoms with Crippen molar-refractivity contribution in [1.82, 2.24) is 0 Å². The molecule has 0 heterocycles. The molecule has 190 valence electrons. The lowest BCUT2D eigenvalue weighted by molar-refractivity contribution is -0.156. The Labute approximate surface area is 218 Å². The van der Waals surface area contributed by atoms with Crippen molar-refractivity contribution < 1.29 is 4.79 Å². The Kier molecular flexibility index (Phi) is 6.47. The number of allylic oxidation sites excluding steroid dienone is 1. The van der Waals surface area contributed by atoms with Gasteiger partial charge in [-0.1, -0.05) is 93.4 Å². The van der Waals surface area contributed by atoms with Crippen LogP contribution in [-0.2, 0) is 4.79 Å². The summed E-state index contributed by atoms with van der Waals surface area (Å²) in [6.45, 7) is 4.97. The van der Waals surface area contributed by atoms with Crippen LogP contribution in [0.15, 0.2) is 66.7 Å². The lowest BCUT2D eigenvalue weighted by Crippen LogP contribution is -2.56. The summed E-state index contributed by atoms with van der Waals surface area (Å²) >= 11 is 0. The Balaban J connectivity index is 1.22. The largest absolute Gasteiger partial charge is 0.299 e. The first-order chi connectivity index (χ1) is 17.5. The summed E-state index contributed by atoms with van der Waals surface area (Å²) in [6.07, 6.45) is 16.4. The molecule has 7 unspecified atom stereocenters. The summed E-state index contributed by atoms with van der Waals surface area (Å²) in [6, 6.07) is 21.6. The normalized spacial score (nSPS) is 37.5. The van der Waals surface area contributed by atoms with Crippen LogP contribution in [0.4, 0.5) is 0 Å². The first kappa shape index (κ1) is 24.2. The number of carbonyl (C=O) groups is 1. The van der Waals surface area contributed by atoms with E-state index in [0.29, 0.717) is 29.0 Å². The number of fused-ring (bicyclic) bond motifs is 5. The van der Waals surface area contributed by atoms with E-state index in [1.165, 1.54) is 68.1 Å². The van der Waals surface area contributed by atoms with Crippen LogP contribution in [0, 0.1) is 40.4 Å². The van der Waals surface area contributed by atoms with E-state index in [2.05, 4.69) is 80.6 Å². The molecule has 0 saturated heterocycles. The number of benzene rings is 2. The molecule has 4 aliphatic carbocycles. The van der Waals surface area contributed by atoms with Gasteiger partial charge in [-0.15, -0.1) is 0 Å². The van der Waals surface area contributed by atoms with Gasteiger partial charge in [0.2, 0.25) is 0 Å².